The Morgan fingerprint density at radius 2 is 1.71 bits per heavy atom. The van der Waals surface area contributed by atoms with E-state index in [9.17, 15) is 4.79 Å². The highest BCUT2D eigenvalue weighted by molar-refractivity contribution is 14.0. The van der Waals surface area contributed by atoms with Crippen LogP contribution in [0.15, 0.2) is 0 Å². The van der Waals surface area contributed by atoms with Crippen LogP contribution in [-0.2, 0) is 4.79 Å². The molecular weight excluding hydrogens is 375 g/mol. The molecule has 0 aliphatic carbocycles. The molecule has 4 heteroatoms. The number of hydrogen-bond acceptors (Lipinski definition) is 2. The Labute approximate surface area is 148 Å². The van der Waals surface area contributed by atoms with Crippen molar-refractivity contribution < 1.29 is 4.79 Å². The molecule has 1 saturated heterocycles. The predicted molar refractivity (Wildman–Crippen MR) is 101 cm³/mol. The Balaban J connectivity index is 0.00000400. The van der Waals surface area contributed by atoms with E-state index in [0.717, 1.165) is 38.9 Å². The van der Waals surface area contributed by atoms with Crippen molar-refractivity contribution in [1.29, 1.82) is 0 Å². The van der Waals surface area contributed by atoms with Gasteiger partial charge in [0, 0.05) is 13.1 Å². The quantitative estimate of drug-likeness (QED) is 0.433. The van der Waals surface area contributed by atoms with Crippen LogP contribution in [0.25, 0.3) is 0 Å². The maximum atomic E-state index is 12.0. The summed E-state index contributed by atoms with van der Waals surface area (Å²) in [6.07, 6.45) is 12.8. The number of likely N-dealkylation sites (tertiary alicyclic amines) is 1. The van der Waals surface area contributed by atoms with Crippen LogP contribution < -0.4 is 5.32 Å². The molecule has 1 aliphatic rings. The number of halogens is 1. The van der Waals surface area contributed by atoms with Gasteiger partial charge < -0.3 is 10.2 Å². The second-order valence-electron chi connectivity index (χ2n) is 6.37. The van der Waals surface area contributed by atoms with E-state index in [0.29, 0.717) is 0 Å². The van der Waals surface area contributed by atoms with Crippen molar-refractivity contribution in [2.75, 3.05) is 26.7 Å². The summed E-state index contributed by atoms with van der Waals surface area (Å²) in [5.41, 5.74) is 0. The van der Waals surface area contributed by atoms with E-state index < -0.39 is 0 Å². The SMILES string of the molecule is CCCCCCCCCCNC(=O)C1CCCN(C)C1.I. The number of carbonyl (C=O) groups is 1. The van der Waals surface area contributed by atoms with Crippen LogP contribution in [0.2, 0.25) is 0 Å². The monoisotopic (exact) mass is 410 g/mol. The van der Waals surface area contributed by atoms with E-state index in [2.05, 4.69) is 24.2 Å². The standard InChI is InChI=1S/C17H34N2O.HI/c1-3-4-5-6-7-8-9-10-13-18-17(20)16-12-11-14-19(2)15-16;/h16H,3-15H2,1-2H3,(H,18,20);1H. The van der Waals surface area contributed by atoms with E-state index in [4.69, 9.17) is 0 Å². The van der Waals surface area contributed by atoms with Crippen LogP contribution in [0.1, 0.15) is 71.1 Å². The highest BCUT2D eigenvalue weighted by Gasteiger charge is 2.23. The van der Waals surface area contributed by atoms with Crippen LogP contribution >= 0.6 is 24.0 Å². The smallest absolute Gasteiger partial charge is 0.224 e. The zero-order valence-electron chi connectivity index (χ0n) is 14.0. The fourth-order valence-electron chi connectivity index (χ4n) is 3.00. The lowest BCUT2D eigenvalue weighted by Crippen LogP contribution is -2.41. The van der Waals surface area contributed by atoms with Crippen molar-refractivity contribution in [3.05, 3.63) is 0 Å². The summed E-state index contributed by atoms with van der Waals surface area (Å²) in [6.45, 7) is 5.20. The van der Waals surface area contributed by atoms with Gasteiger partial charge in [0.2, 0.25) is 5.91 Å². The summed E-state index contributed by atoms with van der Waals surface area (Å²) >= 11 is 0. The third-order valence-corrected chi connectivity index (χ3v) is 4.32. The van der Waals surface area contributed by atoms with Gasteiger partial charge in [0.25, 0.3) is 0 Å². The Kier molecular flexibility index (Phi) is 13.9. The molecule has 0 bridgehead atoms. The number of unbranched alkanes of at least 4 members (excludes halogenated alkanes) is 7. The van der Waals surface area contributed by atoms with Gasteiger partial charge in [-0.1, -0.05) is 51.9 Å². The highest BCUT2D eigenvalue weighted by atomic mass is 127. The van der Waals surface area contributed by atoms with E-state index in [-0.39, 0.29) is 35.8 Å². The maximum absolute atomic E-state index is 12.0. The molecule has 1 N–H and O–H groups in total. The molecule has 1 fully saturated rings. The van der Waals surface area contributed by atoms with Crippen molar-refractivity contribution in [3.63, 3.8) is 0 Å². The minimum Gasteiger partial charge on any atom is -0.356 e. The molecule has 0 aromatic heterocycles. The van der Waals surface area contributed by atoms with Gasteiger partial charge in [-0.2, -0.15) is 0 Å². The lowest BCUT2D eigenvalue weighted by Gasteiger charge is -2.28. The zero-order valence-corrected chi connectivity index (χ0v) is 16.4. The molecule has 0 aromatic carbocycles. The summed E-state index contributed by atoms with van der Waals surface area (Å²) in [6, 6.07) is 0. The van der Waals surface area contributed by atoms with Gasteiger partial charge in [-0.3, -0.25) is 4.79 Å². The fraction of sp³-hybridized carbons (Fsp3) is 0.941. The first-order chi connectivity index (χ1) is 9.74. The van der Waals surface area contributed by atoms with Crippen LogP contribution in [0.5, 0.6) is 0 Å². The van der Waals surface area contributed by atoms with E-state index in [1.54, 1.807) is 0 Å². The van der Waals surface area contributed by atoms with Crippen molar-refractivity contribution in [2.24, 2.45) is 5.92 Å². The molecule has 1 atom stereocenters. The van der Waals surface area contributed by atoms with E-state index in [1.165, 1.54) is 44.9 Å². The Hall–Kier alpha value is 0.160. The van der Waals surface area contributed by atoms with Crippen LogP contribution in [0.3, 0.4) is 0 Å². The first kappa shape index (κ1) is 21.2. The second kappa shape index (κ2) is 13.8. The van der Waals surface area contributed by atoms with Crippen molar-refractivity contribution in [1.82, 2.24) is 10.2 Å². The Morgan fingerprint density at radius 1 is 1.10 bits per heavy atom. The number of amides is 1. The summed E-state index contributed by atoms with van der Waals surface area (Å²) in [5.74, 6) is 0.502. The van der Waals surface area contributed by atoms with Gasteiger partial charge in [0.05, 0.1) is 5.92 Å². The predicted octanol–water partition coefficient (Wildman–Crippen LogP) is 4.20. The van der Waals surface area contributed by atoms with Gasteiger partial charge in [-0.25, -0.2) is 0 Å². The van der Waals surface area contributed by atoms with Crippen LogP contribution in [-0.4, -0.2) is 37.5 Å². The molecule has 1 aliphatic heterocycles. The molecule has 126 valence electrons. The summed E-state index contributed by atoms with van der Waals surface area (Å²) in [4.78, 5) is 14.3. The fourth-order valence-corrected chi connectivity index (χ4v) is 3.00. The molecule has 21 heavy (non-hydrogen) atoms. The average molecular weight is 410 g/mol. The van der Waals surface area contributed by atoms with Gasteiger partial charge >= 0.3 is 0 Å². The Bertz CT molecular complexity index is 261. The molecule has 0 spiro atoms. The third kappa shape index (κ3) is 10.5. The summed E-state index contributed by atoms with van der Waals surface area (Å²) < 4.78 is 0. The molecule has 0 saturated carbocycles. The topological polar surface area (TPSA) is 32.3 Å². The number of nitrogens with zero attached hydrogens (tertiary/aromatic N) is 1. The molecule has 0 radical (unpaired) electrons. The van der Waals surface area contributed by atoms with Gasteiger partial charge in [0.1, 0.15) is 0 Å². The number of carbonyl (C=O) groups excluding carboxylic acids is 1. The van der Waals surface area contributed by atoms with Crippen LogP contribution in [0.4, 0.5) is 0 Å². The molecule has 3 nitrogen and oxygen atoms in total. The third-order valence-electron chi connectivity index (χ3n) is 4.32. The first-order valence-corrected chi connectivity index (χ1v) is 8.70. The Morgan fingerprint density at radius 3 is 2.33 bits per heavy atom. The highest BCUT2D eigenvalue weighted by Crippen LogP contribution is 2.15. The van der Waals surface area contributed by atoms with Crippen LogP contribution in [0, 0.1) is 5.92 Å². The number of rotatable bonds is 10. The average Bonchev–Trinajstić information content (AvgIpc) is 2.45. The summed E-state index contributed by atoms with van der Waals surface area (Å²) in [7, 11) is 2.11. The zero-order chi connectivity index (χ0) is 14.6. The number of piperidine rings is 1. The second-order valence-corrected chi connectivity index (χ2v) is 6.37. The molecule has 1 amide bonds. The van der Waals surface area contributed by atoms with Crippen molar-refractivity contribution in [3.8, 4) is 0 Å². The molecular formula is C17H35IN2O. The molecule has 1 unspecified atom stereocenters. The summed E-state index contributed by atoms with van der Waals surface area (Å²) in [5, 5.41) is 3.12. The lowest BCUT2D eigenvalue weighted by atomic mass is 9.97. The van der Waals surface area contributed by atoms with E-state index >= 15 is 0 Å². The van der Waals surface area contributed by atoms with Crippen molar-refractivity contribution in [2.45, 2.75) is 71.1 Å². The minimum atomic E-state index is 0. The molecule has 1 rings (SSSR count). The van der Waals surface area contributed by atoms with Crippen molar-refractivity contribution >= 4 is 29.9 Å². The number of hydrogen-bond donors (Lipinski definition) is 1. The molecule has 1 heterocycles. The molecule has 0 aromatic rings. The lowest BCUT2D eigenvalue weighted by molar-refractivity contribution is -0.126. The van der Waals surface area contributed by atoms with Gasteiger partial charge in [0.15, 0.2) is 0 Å². The first-order valence-electron chi connectivity index (χ1n) is 8.70. The largest absolute Gasteiger partial charge is 0.356 e. The van der Waals surface area contributed by atoms with Gasteiger partial charge in [-0.15, -0.1) is 24.0 Å². The number of nitrogens with one attached hydrogen (secondary N) is 1. The van der Waals surface area contributed by atoms with E-state index in [1.807, 2.05) is 0 Å². The minimum absolute atomic E-state index is 0. The van der Waals surface area contributed by atoms with Gasteiger partial charge in [-0.05, 0) is 32.9 Å². The maximum Gasteiger partial charge on any atom is 0.224 e. The normalized spacial score (nSPS) is 19.0.